The first kappa shape index (κ1) is 16.0. The van der Waals surface area contributed by atoms with Gasteiger partial charge in [0.15, 0.2) is 0 Å². The lowest BCUT2D eigenvalue weighted by Gasteiger charge is -2.26. The minimum absolute atomic E-state index is 0.244. The number of rotatable bonds is 1. The third kappa shape index (κ3) is 4.84. The highest BCUT2D eigenvalue weighted by molar-refractivity contribution is 9.10. The van der Waals surface area contributed by atoms with Crippen molar-refractivity contribution in [3.8, 4) is 0 Å². The van der Waals surface area contributed by atoms with Gasteiger partial charge in [0, 0.05) is 26.2 Å². The zero-order chi connectivity index (χ0) is 15.5. The normalized spacial score (nSPS) is 16.6. The fourth-order valence-corrected chi connectivity index (χ4v) is 2.33. The Morgan fingerprint density at radius 2 is 1.95 bits per heavy atom. The van der Waals surface area contributed by atoms with E-state index < -0.39 is 5.60 Å². The van der Waals surface area contributed by atoms with Crippen LogP contribution in [0.5, 0.6) is 0 Å². The first-order chi connectivity index (χ1) is 9.85. The quantitative estimate of drug-likeness (QED) is 0.774. The van der Waals surface area contributed by atoms with Crippen LogP contribution < -0.4 is 4.90 Å². The Kier molecular flexibility index (Phi) is 5.03. The van der Waals surface area contributed by atoms with Crippen LogP contribution in [-0.4, -0.2) is 52.7 Å². The van der Waals surface area contributed by atoms with Gasteiger partial charge in [-0.1, -0.05) is 0 Å². The van der Waals surface area contributed by atoms with Crippen molar-refractivity contribution in [1.82, 2.24) is 14.9 Å². The number of amides is 1. The molecule has 0 atom stereocenters. The van der Waals surface area contributed by atoms with Gasteiger partial charge in [-0.2, -0.15) is 0 Å². The SMILES string of the molecule is CC(C)(C)OC(=O)N1CCCN(c2cnc(Br)cn2)CC1. The molecule has 1 aromatic heterocycles. The number of carbonyl (C=O) groups excluding carboxylic acids is 1. The number of hydrogen-bond donors (Lipinski definition) is 0. The van der Waals surface area contributed by atoms with Crippen LogP contribution in [0.4, 0.5) is 10.6 Å². The average Bonchev–Trinajstić information content (AvgIpc) is 2.63. The van der Waals surface area contributed by atoms with E-state index in [0.29, 0.717) is 13.1 Å². The highest BCUT2D eigenvalue weighted by atomic mass is 79.9. The Morgan fingerprint density at radius 3 is 2.57 bits per heavy atom. The van der Waals surface area contributed by atoms with Crippen molar-refractivity contribution in [2.24, 2.45) is 0 Å². The molecule has 0 unspecified atom stereocenters. The van der Waals surface area contributed by atoms with E-state index in [1.165, 1.54) is 0 Å². The summed E-state index contributed by atoms with van der Waals surface area (Å²) in [7, 11) is 0. The van der Waals surface area contributed by atoms with Gasteiger partial charge >= 0.3 is 6.09 Å². The summed E-state index contributed by atoms with van der Waals surface area (Å²) < 4.78 is 6.14. The second-order valence-electron chi connectivity index (χ2n) is 6.01. The predicted molar refractivity (Wildman–Crippen MR) is 84.4 cm³/mol. The fourth-order valence-electron chi connectivity index (χ4n) is 2.12. The van der Waals surface area contributed by atoms with Gasteiger partial charge in [0.1, 0.15) is 16.0 Å². The Balaban J connectivity index is 1.95. The highest BCUT2D eigenvalue weighted by Crippen LogP contribution is 2.16. The molecular formula is C14H21BrN4O2. The molecule has 1 amide bonds. The molecule has 0 radical (unpaired) electrons. The monoisotopic (exact) mass is 356 g/mol. The molecular weight excluding hydrogens is 336 g/mol. The minimum Gasteiger partial charge on any atom is -0.444 e. The van der Waals surface area contributed by atoms with E-state index in [-0.39, 0.29) is 6.09 Å². The highest BCUT2D eigenvalue weighted by Gasteiger charge is 2.24. The van der Waals surface area contributed by atoms with Crippen LogP contribution in [0.25, 0.3) is 0 Å². The summed E-state index contributed by atoms with van der Waals surface area (Å²) in [6.07, 6.45) is 4.07. The molecule has 1 aliphatic heterocycles. The molecule has 1 aromatic rings. The number of aromatic nitrogens is 2. The molecule has 2 heterocycles. The molecule has 7 heteroatoms. The third-order valence-electron chi connectivity index (χ3n) is 3.08. The summed E-state index contributed by atoms with van der Waals surface area (Å²) in [5.41, 5.74) is -0.458. The van der Waals surface area contributed by atoms with Crippen molar-refractivity contribution in [2.75, 3.05) is 31.1 Å². The molecule has 2 rings (SSSR count). The molecule has 0 N–H and O–H groups in total. The van der Waals surface area contributed by atoms with Crippen LogP contribution in [0.2, 0.25) is 0 Å². The minimum atomic E-state index is -0.458. The van der Waals surface area contributed by atoms with Crippen LogP contribution in [-0.2, 0) is 4.74 Å². The second kappa shape index (κ2) is 6.60. The molecule has 1 saturated heterocycles. The molecule has 21 heavy (non-hydrogen) atoms. The van der Waals surface area contributed by atoms with Gasteiger partial charge in [-0.3, -0.25) is 0 Å². The van der Waals surface area contributed by atoms with Crippen molar-refractivity contribution in [3.63, 3.8) is 0 Å². The molecule has 0 saturated carbocycles. The first-order valence-corrected chi connectivity index (χ1v) is 7.85. The van der Waals surface area contributed by atoms with E-state index in [1.807, 2.05) is 20.8 Å². The third-order valence-corrected chi connectivity index (χ3v) is 3.49. The maximum Gasteiger partial charge on any atom is 0.410 e. The number of ether oxygens (including phenoxy) is 1. The topological polar surface area (TPSA) is 58.6 Å². The van der Waals surface area contributed by atoms with E-state index in [1.54, 1.807) is 17.3 Å². The van der Waals surface area contributed by atoms with Gasteiger partial charge in [-0.15, -0.1) is 0 Å². The molecule has 1 fully saturated rings. The lowest BCUT2D eigenvalue weighted by atomic mass is 10.2. The number of carbonyl (C=O) groups is 1. The van der Waals surface area contributed by atoms with Crippen molar-refractivity contribution >= 4 is 27.8 Å². The molecule has 0 aromatic carbocycles. The summed E-state index contributed by atoms with van der Waals surface area (Å²) in [6, 6.07) is 0. The van der Waals surface area contributed by atoms with Crippen molar-refractivity contribution < 1.29 is 9.53 Å². The smallest absolute Gasteiger partial charge is 0.410 e. The van der Waals surface area contributed by atoms with E-state index in [9.17, 15) is 4.79 Å². The van der Waals surface area contributed by atoms with E-state index in [0.717, 1.165) is 29.9 Å². The van der Waals surface area contributed by atoms with Gasteiger partial charge in [0.05, 0.1) is 12.4 Å². The van der Waals surface area contributed by atoms with Crippen LogP contribution >= 0.6 is 15.9 Å². The zero-order valence-electron chi connectivity index (χ0n) is 12.7. The van der Waals surface area contributed by atoms with Crippen LogP contribution in [0.3, 0.4) is 0 Å². The second-order valence-corrected chi connectivity index (χ2v) is 6.82. The Morgan fingerprint density at radius 1 is 1.19 bits per heavy atom. The molecule has 6 nitrogen and oxygen atoms in total. The first-order valence-electron chi connectivity index (χ1n) is 7.05. The van der Waals surface area contributed by atoms with Crippen LogP contribution in [0.15, 0.2) is 17.0 Å². The van der Waals surface area contributed by atoms with E-state index in [4.69, 9.17) is 4.74 Å². The largest absolute Gasteiger partial charge is 0.444 e. The molecule has 0 bridgehead atoms. The molecule has 1 aliphatic rings. The average molecular weight is 357 g/mol. The van der Waals surface area contributed by atoms with Gasteiger partial charge in [-0.05, 0) is 43.1 Å². The van der Waals surface area contributed by atoms with Crippen molar-refractivity contribution in [1.29, 1.82) is 0 Å². The number of nitrogens with zero attached hydrogens (tertiary/aromatic N) is 4. The number of anilines is 1. The van der Waals surface area contributed by atoms with E-state index in [2.05, 4.69) is 30.8 Å². The molecule has 0 spiro atoms. The Bertz CT molecular complexity index is 487. The Labute approximate surface area is 133 Å². The fraction of sp³-hybridized carbons (Fsp3) is 0.643. The molecule has 116 valence electrons. The van der Waals surface area contributed by atoms with Crippen molar-refractivity contribution in [3.05, 3.63) is 17.0 Å². The maximum absolute atomic E-state index is 12.1. The van der Waals surface area contributed by atoms with Gasteiger partial charge < -0.3 is 14.5 Å². The summed E-state index contributed by atoms with van der Waals surface area (Å²) >= 11 is 3.28. The summed E-state index contributed by atoms with van der Waals surface area (Å²) in [4.78, 5) is 24.6. The van der Waals surface area contributed by atoms with Gasteiger partial charge in [0.25, 0.3) is 0 Å². The standard InChI is InChI=1S/C14H21BrN4O2/c1-14(2,3)21-13(20)19-6-4-5-18(7-8-19)12-10-16-11(15)9-17-12/h9-10H,4-8H2,1-3H3. The lowest BCUT2D eigenvalue weighted by Crippen LogP contribution is -2.39. The number of hydrogen-bond acceptors (Lipinski definition) is 5. The van der Waals surface area contributed by atoms with Gasteiger partial charge in [-0.25, -0.2) is 14.8 Å². The molecule has 0 aliphatic carbocycles. The van der Waals surface area contributed by atoms with Crippen LogP contribution in [0.1, 0.15) is 27.2 Å². The Hall–Kier alpha value is -1.37. The summed E-state index contributed by atoms with van der Waals surface area (Å²) in [5.74, 6) is 0.837. The van der Waals surface area contributed by atoms with Gasteiger partial charge in [0.2, 0.25) is 0 Å². The summed E-state index contributed by atoms with van der Waals surface area (Å²) in [6.45, 7) is 8.57. The lowest BCUT2D eigenvalue weighted by molar-refractivity contribution is 0.0263. The summed E-state index contributed by atoms with van der Waals surface area (Å²) in [5, 5.41) is 0. The number of halogens is 1. The maximum atomic E-state index is 12.1. The predicted octanol–water partition coefficient (Wildman–Crippen LogP) is 2.69. The zero-order valence-corrected chi connectivity index (χ0v) is 14.3. The van der Waals surface area contributed by atoms with Crippen molar-refractivity contribution in [2.45, 2.75) is 32.8 Å². The van der Waals surface area contributed by atoms with Crippen LogP contribution in [0, 0.1) is 0 Å². The van der Waals surface area contributed by atoms with E-state index >= 15 is 0 Å².